The van der Waals surface area contributed by atoms with Crippen LogP contribution in [0.1, 0.15) is 57.6 Å². The molecule has 2 aliphatic heterocycles. The number of piperazine rings is 1. The van der Waals surface area contributed by atoms with Crippen LogP contribution in [-0.2, 0) is 16.1 Å². The number of rotatable bonds is 8. The number of anilines is 1. The van der Waals surface area contributed by atoms with E-state index in [-0.39, 0.29) is 17.7 Å². The van der Waals surface area contributed by atoms with Crippen molar-refractivity contribution >= 4 is 17.5 Å². The summed E-state index contributed by atoms with van der Waals surface area (Å²) in [7, 11) is 0. The van der Waals surface area contributed by atoms with Crippen molar-refractivity contribution in [3.05, 3.63) is 59.7 Å². The molecule has 0 radical (unpaired) electrons. The van der Waals surface area contributed by atoms with Crippen molar-refractivity contribution in [2.24, 2.45) is 5.92 Å². The molecule has 0 aliphatic carbocycles. The highest BCUT2D eigenvalue weighted by Gasteiger charge is 2.35. The summed E-state index contributed by atoms with van der Waals surface area (Å²) in [6.07, 6.45) is 1.84. The maximum atomic E-state index is 13.1. The van der Waals surface area contributed by atoms with Gasteiger partial charge in [0, 0.05) is 57.6 Å². The zero-order valence-corrected chi connectivity index (χ0v) is 22.8. The lowest BCUT2D eigenvalue weighted by Crippen LogP contribution is -2.54. The predicted molar refractivity (Wildman–Crippen MR) is 148 cm³/mol. The minimum Gasteiger partial charge on any atom is -0.478 e. The van der Waals surface area contributed by atoms with Crippen molar-refractivity contribution in [1.82, 2.24) is 15.5 Å². The standard InChI is InChI=1S/C30H42N4O3/c1-22(2)24-12-10-23(11-13-24)20-32-28(35)25-7-6-16-34(21-25)26-8-5-9-27(19-26)37-30(3,4)29(36)33-17-14-31-15-18-33/h5,8-13,19,22,25,31H,6-7,14-18,20-21H2,1-4H3,(H,32,35). The first-order chi connectivity index (χ1) is 17.7. The molecule has 7 nitrogen and oxygen atoms in total. The van der Waals surface area contributed by atoms with E-state index in [1.165, 1.54) is 5.56 Å². The van der Waals surface area contributed by atoms with Crippen LogP contribution in [0, 0.1) is 5.92 Å². The van der Waals surface area contributed by atoms with Crippen LogP contribution in [0.2, 0.25) is 0 Å². The van der Waals surface area contributed by atoms with Crippen molar-refractivity contribution in [2.75, 3.05) is 44.2 Å². The number of ether oxygens (including phenoxy) is 1. The Morgan fingerprint density at radius 2 is 1.81 bits per heavy atom. The molecule has 2 N–H and O–H groups in total. The first-order valence-corrected chi connectivity index (χ1v) is 13.6. The Balaban J connectivity index is 1.34. The van der Waals surface area contributed by atoms with Crippen LogP contribution in [-0.4, -0.2) is 61.6 Å². The van der Waals surface area contributed by atoms with Gasteiger partial charge in [0.05, 0.1) is 5.92 Å². The van der Waals surface area contributed by atoms with Crippen LogP contribution in [0.25, 0.3) is 0 Å². The number of hydrogen-bond donors (Lipinski definition) is 2. The number of carbonyl (C=O) groups is 2. The van der Waals surface area contributed by atoms with Gasteiger partial charge < -0.3 is 25.2 Å². The lowest BCUT2D eigenvalue weighted by molar-refractivity contribution is -0.146. The molecule has 0 saturated carbocycles. The number of carbonyl (C=O) groups excluding carboxylic acids is 2. The lowest BCUT2D eigenvalue weighted by Gasteiger charge is -2.36. The van der Waals surface area contributed by atoms with Crippen molar-refractivity contribution in [3.63, 3.8) is 0 Å². The lowest BCUT2D eigenvalue weighted by atomic mass is 9.96. The van der Waals surface area contributed by atoms with Gasteiger partial charge in [0.25, 0.3) is 5.91 Å². The quantitative estimate of drug-likeness (QED) is 0.568. The van der Waals surface area contributed by atoms with Gasteiger partial charge >= 0.3 is 0 Å². The molecule has 2 aliphatic rings. The van der Waals surface area contributed by atoms with Crippen molar-refractivity contribution in [3.8, 4) is 5.75 Å². The number of amides is 2. The molecule has 2 saturated heterocycles. The monoisotopic (exact) mass is 506 g/mol. The van der Waals surface area contributed by atoms with E-state index in [0.717, 1.165) is 43.7 Å². The van der Waals surface area contributed by atoms with E-state index in [1.807, 2.05) is 36.9 Å². The molecule has 0 bridgehead atoms. The van der Waals surface area contributed by atoms with Crippen LogP contribution in [0.4, 0.5) is 5.69 Å². The van der Waals surface area contributed by atoms with Crippen LogP contribution in [0.15, 0.2) is 48.5 Å². The number of nitrogens with zero attached hydrogens (tertiary/aromatic N) is 2. The van der Waals surface area contributed by atoms with Crippen LogP contribution in [0.5, 0.6) is 5.75 Å². The van der Waals surface area contributed by atoms with Crippen molar-refractivity contribution < 1.29 is 14.3 Å². The van der Waals surface area contributed by atoms with Gasteiger partial charge in [-0.05, 0) is 55.9 Å². The third kappa shape index (κ3) is 7.04. The van der Waals surface area contributed by atoms with Crippen molar-refractivity contribution in [1.29, 1.82) is 0 Å². The highest BCUT2D eigenvalue weighted by molar-refractivity contribution is 5.85. The molecular formula is C30H42N4O3. The molecule has 4 rings (SSSR count). The van der Waals surface area contributed by atoms with Gasteiger partial charge in [-0.2, -0.15) is 0 Å². The minimum absolute atomic E-state index is 0.00737. The summed E-state index contributed by atoms with van der Waals surface area (Å²) >= 11 is 0. The van der Waals surface area contributed by atoms with E-state index in [2.05, 4.69) is 59.7 Å². The summed E-state index contributed by atoms with van der Waals surface area (Å²) in [4.78, 5) is 30.2. The Morgan fingerprint density at radius 3 is 2.51 bits per heavy atom. The van der Waals surface area contributed by atoms with E-state index in [1.54, 1.807) is 0 Å². The van der Waals surface area contributed by atoms with Crippen LogP contribution in [0.3, 0.4) is 0 Å². The van der Waals surface area contributed by atoms with Crippen LogP contribution < -0.4 is 20.3 Å². The first kappa shape index (κ1) is 27.0. The van der Waals surface area contributed by atoms with Gasteiger partial charge in [0.15, 0.2) is 5.60 Å². The second-order valence-electron chi connectivity index (χ2n) is 11.1. The normalized spacial score (nSPS) is 18.6. The first-order valence-electron chi connectivity index (χ1n) is 13.6. The topological polar surface area (TPSA) is 73.9 Å². The maximum Gasteiger partial charge on any atom is 0.266 e. The summed E-state index contributed by atoms with van der Waals surface area (Å²) < 4.78 is 6.22. The van der Waals surface area contributed by atoms with E-state index >= 15 is 0 Å². The Bertz CT molecular complexity index is 1060. The molecular weight excluding hydrogens is 464 g/mol. The highest BCUT2D eigenvalue weighted by atomic mass is 16.5. The van der Waals surface area contributed by atoms with Gasteiger partial charge in [-0.3, -0.25) is 9.59 Å². The molecule has 1 atom stereocenters. The summed E-state index contributed by atoms with van der Waals surface area (Å²) in [6, 6.07) is 16.4. The number of benzene rings is 2. The number of piperidine rings is 1. The highest BCUT2D eigenvalue weighted by Crippen LogP contribution is 2.29. The van der Waals surface area contributed by atoms with E-state index in [9.17, 15) is 9.59 Å². The molecule has 2 aromatic rings. The summed E-state index contributed by atoms with van der Waals surface area (Å²) in [5.41, 5.74) is 2.49. The average Bonchev–Trinajstić information content (AvgIpc) is 2.92. The third-order valence-corrected chi connectivity index (χ3v) is 7.38. The zero-order chi connectivity index (χ0) is 26.4. The molecule has 200 valence electrons. The fourth-order valence-corrected chi connectivity index (χ4v) is 5.11. The fraction of sp³-hybridized carbons (Fsp3) is 0.533. The summed E-state index contributed by atoms with van der Waals surface area (Å²) in [6.45, 7) is 13.2. The van der Waals surface area contributed by atoms with Gasteiger partial charge in [-0.1, -0.05) is 44.2 Å². The molecule has 1 unspecified atom stereocenters. The third-order valence-electron chi connectivity index (χ3n) is 7.38. The van der Waals surface area contributed by atoms with Gasteiger partial charge in [0.2, 0.25) is 5.91 Å². The molecule has 0 aromatic heterocycles. The molecule has 2 fully saturated rings. The number of hydrogen-bond acceptors (Lipinski definition) is 5. The molecule has 2 heterocycles. The summed E-state index contributed by atoms with van der Waals surface area (Å²) in [5, 5.41) is 6.42. The second-order valence-corrected chi connectivity index (χ2v) is 11.1. The molecule has 0 spiro atoms. The van der Waals surface area contributed by atoms with Gasteiger partial charge in [-0.25, -0.2) is 0 Å². The summed E-state index contributed by atoms with van der Waals surface area (Å²) in [5.74, 6) is 1.22. The van der Waals surface area contributed by atoms with E-state index in [4.69, 9.17) is 4.74 Å². The SMILES string of the molecule is CC(C)c1ccc(CNC(=O)C2CCCN(c3cccc(OC(C)(C)C(=O)N4CCNCC4)c3)C2)cc1. The second kappa shape index (κ2) is 12.0. The Morgan fingerprint density at radius 1 is 1.08 bits per heavy atom. The predicted octanol–water partition coefficient (Wildman–Crippen LogP) is 3.93. The molecule has 2 aromatic carbocycles. The zero-order valence-electron chi connectivity index (χ0n) is 22.8. The molecule has 7 heteroatoms. The Kier molecular flexibility index (Phi) is 8.75. The van der Waals surface area contributed by atoms with Crippen LogP contribution >= 0.6 is 0 Å². The average molecular weight is 507 g/mol. The fourth-order valence-electron chi connectivity index (χ4n) is 5.11. The van der Waals surface area contributed by atoms with Gasteiger partial charge in [0.1, 0.15) is 5.75 Å². The Hall–Kier alpha value is -3.06. The smallest absolute Gasteiger partial charge is 0.266 e. The van der Waals surface area contributed by atoms with Gasteiger partial charge in [-0.15, -0.1) is 0 Å². The van der Waals surface area contributed by atoms with E-state index in [0.29, 0.717) is 37.8 Å². The minimum atomic E-state index is -0.951. The number of nitrogens with one attached hydrogen (secondary N) is 2. The largest absolute Gasteiger partial charge is 0.478 e. The molecule has 37 heavy (non-hydrogen) atoms. The van der Waals surface area contributed by atoms with Crippen molar-refractivity contribution in [2.45, 2.75) is 58.6 Å². The Labute approximate surface area is 221 Å². The van der Waals surface area contributed by atoms with E-state index < -0.39 is 5.60 Å². The maximum absolute atomic E-state index is 13.1. The molecule has 2 amide bonds.